The molecule has 76 valence electrons. The summed E-state index contributed by atoms with van der Waals surface area (Å²) in [7, 11) is 0. The van der Waals surface area contributed by atoms with Crippen molar-refractivity contribution in [2.24, 2.45) is 0 Å². The molecule has 3 heteroatoms. The first-order valence-electron chi connectivity index (χ1n) is 4.68. The van der Waals surface area contributed by atoms with Gasteiger partial charge in [-0.15, -0.1) is 0 Å². The van der Waals surface area contributed by atoms with Crippen LogP contribution in [0.1, 0.15) is 11.1 Å². The largest absolute Gasteiger partial charge is 0.398 e. The minimum absolute atomic E-state index is 0.303. The van der Waals surface area contributed by atoms with Crippen LogP contribution in [0.3, 0.4) is 0 Å². The molecule has 1 aromatic carbocycles. The predicted molar refractivity (Wildman–Crippen MR) is 57.9 cm³/mol. The number of rotatable bonds is 2. The number of benzene rings is 1. The van der Waals surface area contributed by atoms with Gasteiger partial charge < -0.3 is 5.73 Å². The van der Waals surface area contributed by atoms with E-state index in [1.165, 1.54) is 12.1 Å². The van der Waals surface area contributed by atoms with E-state index in [2.05, 4.69) is 4.98 Å². The van der Waals surface area contributed by atoms with E-state index in [4.69, 9.17) is 5.73 Å². The van der Waals surface area contributed by atoms with Gasteiger partial charge in [0.25, 0.3) is 0 Å². The maximum atomic E-state index is 12.8. The fourth-order valence-electron chi connectivity index (χ4n) is 1.45. The highest BCUT2D eigenvalue weighted by Crippen LogP contribution is 2.16. The van der Waals surface area contributed by atoms with E-state index in [0.29, 0.717) is 12.1 Å². The van der Waals surface area contributed by atoms with Crippen LogP contribution in [-0.2, 0) is 6.42 Å². The lowest BCUT2D eigenvalue weighted by atomic mass is 10.1. The Morgan fingerprint density at radius 1 is 1.27 bits per heavy atom. The third kappa shape index (κ3) is 2.31. The van der Waals surface area contributed by atoms with Crippen LogP contribution in [-0.4, -0.2) is 4.98 Å². The molecular formula is C12H11FN2. The first-order valence-corrected chi connectivity index (χ1v) is 4.68. The lowest BCUT2D eigenvalue weighted by Crippen LogP contribution is -1.96. The number of aromatic nitrogens is 1. The molecule has 0 radical (unpaired) electrons. The minimum atomic E-state index is -0.303. The van der Waals surface area contributed by atoms with Crippen molar-refractivity contribution in [3.05, 3.63) is 59.7 Å². The second-order valence-corrected chi connectivity index (χ2v) is 3.38. The van der Waals surface area contributed by atoms with Crippen molar-refractivity contribution >= 4 is 5.69 Å². The molecule has 2 aromatic rings. The summed E-state index contributed by atoms with van der Waals surface area (Å²) in [5.41, 5.74) is 8.18. The summed E-state index contributed by atoms with van der Waals surface area (Å²) in [5.74, 6) is -0.303. The smallest absolute Gasteiger partial charge is 0.125 e. The summed E-state index contributed by atoms with van der Waals surface area (Å²) in [6.07, 6.45) is 4.18. The monoisotopic (exact) mass is 202 g/mol. The molecule has 0 bridgehead atoms. The normalized spacial score (nSPS) is 10.2. The van der Waals surface area contributed by atoms with Crippen LogP contribution < -0.4 is 5.73 Å². The fraction of sp³-hybridized carbons (Fsp3) is 0.0833. The number of anilines is 1. The molecule has 2 N–H and O–H groups in total. The van der Waals surface area contributed by atoms with Crippen LogP contribution in [0.15, 0.2) is 42.7 Å². The predicted octanol–water partition coefficient (Wildman–Crippen LogP) is 2.39. The molecule has 2 rings (SSSR count). The molecule has 0 aliphatic carbocycles. The van der Waals surface area contributed by atoms with Gasteiger partial charge in [0.15, 0.2) is 0 Å². The summed E-state index contributed by atoms with van der Waals surface area (Å²) in [6.45, 7) is 0. The zero-order chi connectivity index (χ0) is 10.7. The van der Waals surface area contributed by atoms with Crippen molar-refractivity contribution in [2.45, 2.75) is 6.42 Å². The molecule has 0 atom stereocenters. The third-order valence-electron chi connectivity index (χ3n) is 2.23. The molecule has 0 saturated carbocycles. The highest BCUT2D eigenvalue weighted by molar-refractivity contribution is 5.48. The van der Waals surface area contributed by atoms with Crippen molar-refractivity contribution in [1.29, 1.82) is 0 Å². The zero-order valence-corrected chi connectivity index (χ0v) is 8.15. The van der Waals surface area contributed by atoms with Crippen molar-refractivity contribution in [3.63, 3.8) is 0 Å². The average Bonchev–Trinajstić information content (AvgIpc) is 2.24. The van der Waals surface area contributed by atoms with Gasteiger partial charge in [-0.2, -0.15) is 0 Å². The molecule has 0 unspecified atom stereocenters. The Hall–Kier alpha value is -1.90. The number of pyridine rings is 1. The Labute approximate surface area is 87.6 Å². The maximum absolute atomic E-state index is 12.8. The lowest BCUT2D eigenvalue weighted by Gasteiger charge is -2.05. The zero-order valence-electron chi connectivity index (χ0n) is 8.15. The molecule has 2 nitrogen and oxygen atoms in total. The van der Waals surface area contributed by atoms with E-state index >= 15 is 0 Å². The van der Waals surface area contributed by atoms with Crippen molar-refractivity contribution in [1.82, 2.24) is 4.98 Å². The van der Waals surface area contributed by atoms with Gasteiger partial charge in [0.2, 0.25) is 0 Å². The molecule has 0 fully saturated rings. The Morgan fingerprint density at radius 3 is 2.80 bits per heavy atom. The second-order valence-electron chi connectivity index (χ2n) is 3.38. The third-order valence-corrected chi connectivity index (χ3v) is 2.23. The maximum Gasteiger partial charge on any atom is 0.125 e. The molecule has 0 aliphatic heterocycles. The molecule has 0 saturated heterocycles. The summed E-state index contributed by atoms with van der Waals surface area (Å²) in [5, 5.41) is 0. The fourth-order valence-corrected chi connectivity index (χ4v) is 1.45. The summed E-state index contributed by atoms with van der Waals surface area (Å²) in [6, 6.07) is 8.30. The Bertz CT molecular complexity index is 454. The number of hydrogen-bond donors (Lipinski definition) is 1. The van der Waals surface area contributed by atoms with E-state index < -0.39 is 0 Å². The van der Waals surface area contributed by atoms with Crippen LogP contribution in [0, 0.1) is 5.82 Å². The standard InChI is InChI=1S/C12H11FN2/c13-11-4-3-10(12(14)7-11)6-9-2-1-5-15-8-9/h1-5,7-8H,6,14H2. The molecule has 15 heavy (non-hydrogen) atoms. The summed E-state index contributed by atoms with van der Waals surface area (Å²) >= 11 is 0. The number of halogens is 1. The summed E-state index contributed by atoms with van der Waals surface area (Å²) in [4.78, 5) is 4.01. The van der Waals surface area contributed by atoms with Gasteiger partial charge >= 0.3 is 0 Å². The Balaban J connectivity index is 2.25. The van der Waals surface area contributed by atoms with Crippen molar-refractivity contribution in [3.8, 4) is 0 Å². The number of nitrogen functional groups attached to an aromatic ring is 1. The first kappa shape index (κ1) is 9.65. The van der Waals surface area contributed by atoms with Crippen LogP contribution in [0.2, 0.25) is 0 Å². The first-order chi connectivity index (χ1) is 7.25. The molecule has 1 heterocycles. The number of nitrogens with zero attached hydrogens (tertiary/aromatic N) is 1. The Morgan fingerprint density at radius 2 is 2.13 bits per heavy atom. The van der Waals surface area contributed by atoms with Gasteiger partial charge in [-0.3, -0.25) is 4.98 Å². The van der Waals surface area contributed by atoms with Gasteiger partial charge in [0.1, 0.15) is 5.82 Å². The molecule has 0 spiro atoms. The lowest BCUT2D eigenvalue weighted by molar-refractivity contribution is 0.628. The van der Waals surface area contributed by atoms with Gasteiger partial charge in [0, 0.05) is 24.5 Å². The second kappa shape index (κ2) is 4.09. The highest BCUT2D eigenvalue weighted by Gasteiger charge is 2.01. The van der Waals surface area contributed by atoms with E-state index in [1.54, 1.807) is 18.5 Å². The quantitative estimate of drug-likeness (QED) is 0.759. The van der Waals surface area contributed by atoms with E-state index in [0.717, 1.165) is 11.1 Å². The topological polar surface area (TPSA) is 38.9 Å². The minimum Gasteiger partial charge on any atom is -0.398 e. The van der Waals surface area contributed by atoms with Crippen LogP contribution in [0.4, 0.5) is 10.1 Å². The highest BCUT2D eigenvalue weighted by atomic mass is 19.1. The van der Waals surface area contributed by atoms with E-state index in [-0.39, 0.29) is 5.82 Å². The van der Waals surface area contributed by atoms with Gasteiger partial charge in [0.05, 0.1) is 0 Å². The van der Waals surface area contributed by atoms with Gasteiger partial charge in [-0.25, -0.2) is 4.39 Å². The van der Waals surface area contributed by atoms with Crippen LogP contribution in [0.25, 0.3) is 0 Å². The van der Waals surface area contributed by atoms with E-state index in [1.807, 2.05) is 12.1 Å². The van der Waals surface area contributed by atoms with Gasteiger partial charge in [-0.1, -0.05) is 12.1 Å². The molecule has 0 aliphatic rings. The van der Waals surface area contributed by atoms with Crippen molar-refractivity contribution < 1.29 is 4.39 Å². The number of hydrogen-bond acceptors (Lipinski definition) is 2. The van der Waals surface area contributed by atoms with Crippen LogP contribution >= 0.6 is 0 Å². The molecular weight excluding hydrogens is 191 g/mol. The number of nitrogens with two attached hydrogens (primary N) is 1. The average molecular weight is 202 g/mol. The molecule has 1 aromatic heterocycles. The summed E-state index contributed by atoms with van der Waals surface area (Å²) < 4.78 is 12.8. The van der Waals surface area contributed by atoms with Crippen molar-refractivity contribution in [2.75, 3.05) is 5.73 Å². The Kier molecular flexibility index (Phi) is 2.63. The molecule has 0 amide bonds. The van der Waals surface area contributed by atoms with Crippen LogP contribution in [0.5, 0.6) is 0 Å². The van der Waals surface area contributed by atoms with Gasteiger partial charge in [-0.05, 0) is 29.3 Å². The van der Waals surface area contributed by atoms with E-state index in [9.17, 15) is 4.39 Å². The SMILES string of the molecule is Nc1cc(F)ccc1Cc1cccnc1.